The first kappa shape index (κ1) is 13.3. The van der Waals surface area contributed by atoms with Gasteiger partial charge in [0.2, 0.25) is 0 Å². The standard InChI is InChI=1S/C18H17FN2O/c1-22-13-6-7-16-15(10-13)14-8-9-20-17(18(14)21-16)11-2-4-12(19)5-3-11/h2-7,10,17,20-21H,8-9H2,1H3/t17-/m1/s1. The number of halogens is 1. The molecule has 2 aromatic carbocycles. The zero-order valence-electron chi connectivity index (χ0n) is 12.3. The molecule has 4 rings (SSSR count). The van der Waals surface area contributed by atoms with Crippen LogP contribution in [0.5, 0.6) is 5.75 Å². The topological polar surface area (TPSA) is 37.0 Å². The predicted molar refractivity (Wildman–Crippen MR) is 84.8 cm³/mol. The molecule has 0 bridgehead atoms. The molecule has 3 nitrogen and oxygen atoms in total. The maximum atomic E-state index is 13.2. The molecule has 112 valence electrons. The molecule has 0 radical (unpaired) electrons. The molecule has 2 N–H and O–H groups in total. The zero-order valence-corrected chi connectivity index (χ0v) is 12.3. The van der Waals surface area contributed by atoms with Crippen molar-refractivity contribution in [2.24, 2.45) is 0 Å². The quantitative estimate of drug-likeness (QED) is 0.759. The molecule has 4 heteroatoms. The second-order valence-electron chi connectivity index (χ2n) is 5.62. The van der Waals surface area contributed by atoms with Crippen molar-refractivity contribution in [2.45, 2.75) is 12.5 Å². The van der Waals surface area contributed by atoms with Crippen molar-refractivity contribution in [3.8, 4) is 5.75 Å². The van der Waals surface area contributed by atoms with Crippen LogP contribution in [0, 0.1) is 5.82 Å². The summed E-state index contributed by atoms with van der Waals surface area (Å²) >= 11 is 0. The second kappa shape index (κ2) is 5.14. The van der Waals surface area contributed by atoms with Gasteiger partial charge in [-0.25, -0.2) is 4.39 Å². The number of benzene rings is 2. The molecule has 1 aliphatic rings. The van der Waals surface area contributed by atoms with Gasteiger partial charge >= 0.3 is 0 Å². The second-order valence-corrected chi connectivity index (χ2v) is 5.62. The van der Waals surface area contributed by atoms with E-state index >= 15 is 0 Å². The number of hydrogen-bond donors (Lipinski definition) is 2. The molecule has 0 saturated heterocycles. The van der Waals surface area contributed by atoms with Gasteiger partial charge in [0.1, 0.15) is 11.6 Å². The molecule has 2 heterocycles. The summed E-state index contributed by atoms with van der Waals surface area (Å²) in [5, 5.41) is 4.73. The Kier molecular flexibility index (Phi) is 3.12. The van der Waals surface area contributed by atoms with E-state index in [1.807, 2.05) is 24.3 Å². The first-order chi connectivity index (χ1) is 10.8. The highest BCUT2D eigenvalue weighted by Gasteiger charge is 2.25. The highest BCUT2D eigenvalue weighted by atomic mass is 19.1. The van der Waals surface area contributed by atoms with E-state index < -0.39 is 0 Å². The van der Waals surface area contributed by atoms with Gasteiger partial charge in [-0.3, -0.25) is 0 Å². The van der Waals surface area contributed by atoms with Crippen molar-refractivity contribution in [1.29, 1.82) is 0 Å². The van der Waals surface area contributed by atoms with Gasteiger partial charge in [0.05, 0.1) is 13.2 Å². The van der Waals surface area contributed by atoms with Gasteiger partial charge in [-0.2, -0.15) is 0 Å². The molecule has 1 aromatic heterocycles. The van der Waals surface area contributed by atoms with Crippen molar-refractivity contribution in [1.82, 2.24) is 10.3 Å². The van der Waals surface area contributed by atoms with E-state index in [0.29, 0.717) is 0 Å². The van der Waals surface area contributed by atoms with Gasteiger partial charge in [0, 0.05) is 23.1 Å². The van der Waals surface area contributed by atoms with E-state index in [-0.39, 0.29) is 11.9 Å². The average Bonchev–Trinajstić information content (AvgIpc) is 2.93. The fourth-order valence-corrected chi connectivity index (χ4v) is 3.27. The molecule has 0 unspecified atom stereocenters. The van der Waals surface area contributed by atoms with Crippen molar-refractivity contribution >= 4 is 10.9 Å². The van der Waals surface area contributed by atoms with E-state index in [1.165, 1.54) is 28.8 Å². The van der Waals surface area contributed by atoms with Gasteiger partial charge < -0.3 is 15.0 Å². The van der Waals surface area contributed by atoms with Crippen LogP contribution in [0.25, 0.3) is 10.9 Å². The summed E-state index contributed by atoms with van der Waals surface area (Å²) in [7, 11) is 1.68. The van der Waals surface area contributed by atoms with Crippen LogP contribution in [0.2, 0.25) is 0 Å². The highest BCUT2D eigenvalue weighted by Crippen LogP contribution is 2.34. The molecule has 0 fully saturated rings. The van der Waals surface area contributed by atoms with Crippen LogP contribution in [-0.2, 0) is 6.42 Å². The molecule has 3 aromatic rings. The van der Waals surface area contributed by atoms with Crippen LogP contribution in [0.4, 0.5) is 4.39 Å². The smallest absolute Gasteiger partial charge is 0.123 e. The molecule has 0 aliphatic carbocycles. The maximum Gasteiger partial charge on any atom is 0.123 e. The molecule has 1 aliphatic heterocycles. The number of fused-ring (bicyclic) bond motifs is 3. The average molecular weight is 296 g/mol. The molecule has 22 heavy (non-hydrogen) atoms. The largest absolute Gasteiger partial charge is 0.497 e. The number of rotatable bonds is 2. The number of H-pyrrole nitrogens is 1. The van der Waals surface area contributed by atoms with E-state index in [9.17, 15) is 4.39 Å². The van der Waals surface area contributed by atoms with Crippen LogP contribution < -0.4 is 10.1 Å². The van der Waals surface area contributed by atoms with Crippen LogP contribution >= 0.6 is 0 Å². The Morgan fingerprint density at radius 1 is 1.14 bits per heavy atom. The summed E-state index contributed by atoms with van der Waals surface area (Å²) in [5.41, 5.74) is 4.67. The lowest BCUT2D eigenvalue weighted by molar-refractivity contribution is 0.415. The number of methoxy groups -OCH3 is 1. The first-order valence-corrected chi connectivity index (χ1v) is 7.43. The first-order valence-electron chi connectivity index (χ1n) is 7.43. The number of hydrogen-bond acceptors (Lipinski definition) is 2. The summed E-state index contributed by atoms with van der Waals surface area (Å²) in [6.07, 6.45) is 0.972. The molecular weight excluding hydrogens is 279 g/mol. The predicted octanol–water partition coefficient (Wildman–Crippen LogP) is 3.55. The Morgan fingerprint density at radius 3 is 2.73 bits per heavy atom. The van der Waals surface area contributed by atoms with Crippen molar-refractivity contribution in [3.63, 3.8) is 0 Å². The summed E-state index contributed by atoms with van der Waals surface area (Å²) in [6, 6.07) is 12.9. The van der Waals surface area contributed by atoms with Crippen molar-refractivity contribution in [2.75, 3.05) is 13.7 Å². The summed E-state index contributed by atoms with van der Waals surface area (Å²) < 4.78 is 18.5. The van der Waals surface area contributed by atoms with Crippen LogP contribution in [0.15, 0.2) is 42.5 Å². The van der Waals surface area contributed by atoms with Crippen LogP contribution in [0.3, 0.4) is 0 Å². The number of nitrogens with one attached hydrogen (secondary N) is 2. The lowest BCUT2D eigenvalue weighted by Crippen LogP contribution is -2.30. The zero-order chi connectivity index (χ0) is 15.1. The van der Waals surface area contributed by atoms with E-state index in [1.54, 1.807) is 7.11 Å². The van der Waals surface area contributed by atoms with Crippen LogP contribution in [0.1, 0.15) is 22.9 Å². The third-order valence-corrected chi connectivity index (χ3v) is 4.36. The summed E-state index contributed by atoms with van der Waals surface area (Å²) in [4.78, 5) is 3.52. The highest BCUT2D eigenvalue weighted by molar-refractivity contribution is 5.86. The van der Waals surface area contributed by atoms with E-state index in [2.05, 4.69) is 16.4 Å². The Morgan fingerprint density at radius 2 is 1.95 bits per heavy atom. The lowest BCUT2D eigenvalue weighted by Gasteiger charge is -2.24. The summed E-state index contributed by atoms with van der Waals surface area (Å²) in [6.45, 7) is 0.902. The number of aromatic amines is 1. The molecule has 1 atom stereocenters. The molecular formula is C18H17FN2O. The van der Waals surface area contributed by atoms with E-state index in [4.69, 9.17) is 4.74 Å². The Labute approximate surface area is 128 Å². The van der Waals surface area contributed by atoms with Crippen molar-refractivity contribution in [3.05, 3.63) is 65.1 Å². The fraction of sp³-hybridized carbons (Fsp3) is 0.222. The third-order valence-electron chi connectivity index (χ3n) is 4.36. The monoisotopic (exact) mass is 296 g/mol. The van der Waals surface area contributed by atoms with Crippen molar-refractivity contribution < 1.29 is 9.13 Å². The van der Waals surface area contributed by atoms with Gasteiger partial charge in [0.15, 0.2) is 0 Å². The Balaban J connectivity index is 1.85. The van der Waals surface area contributed by atoms with Gasteiger partial charge in [0.25, 0.3) is 0 Å². The van der Waals surface area contributed by atoms with Gasteiger partial charge in [-0.1, -0.05) is 12.1 Å². The minimum absolute atomic E-state index is 0.0720. The number of ether oxygens (including phenoxy) is 1. The number of aromatic nitrogens is 1. The minimum Gasteiger partial charge on any atom is -0.497 e. The third kappa shape index (κ3) is 2.07. The van der Waals surface area contributed by atoms with Gasteiger partial charge in [-0.05, 0) is 47.9 Å². The Bertz CT molecular complexity index is 823. The normalized spacial score (nSPS) is 17.5. The lowest BCUT2D eigenvalue weighted by atomic mass is 9.94. The SMILES string of the molecule is COc1ccc2[nH]c3c(c2c1)CCN[C@@H]3c1ccc(F)cc1. The Hall–Kier alpha value is -2.33. The molecule has 0 spiro atoms. The minimum atomic E-state index is -0.207. The molecule has 0 saturated carbocycles. The fourth-order valence-electron chi connectivity index (χ4n) is 3.27. The molecule has 0 amide bonds. The van der Waals surface area contributed by atoms with E-state index in [0.717, 1.165) is 29.8 Å². The summed E-state index contributed by atoms with van der Waals surface area (Å²) in [5.74, 6) is 0.660. The van der Waals surface area contributed by atoms with Gasteiger partial charge in [-0.15, -0.1) is 0 Å². The van der Waals surface area contributed by atoms with Crippen LogP contribution in [-0.4, -0.2) is 18.6 Å². The maximum absolute atomic E-state index is 13.2.